The van der Waals surface area contributed by atoms with Crippen molar-refractivity contribution < 1.29 is 54.2 Å². The minimum atomic E-state index is -5.16. The maximum Gasteiger partial charge on any atom is 0.573 e. The lowest BCUT2D eigenvalue weighted by atomic mass is 10.0. The van der Waals surface area contributed by atoms with E-state index in [2.05, 4.69) is 4.74 Å². The van der Waals surface area contributed by atoms with Crippen LogP contribution < -0.4 is 9.64 Å². The summed E-state index contributed by atoms with van der Waals surface area (Å²) in [5.74, 6) is -0.850. The Balaban J connectivity index is 2.70. The summed E-state index contributed by atoms with van der Waals surface area (Å²) < 4.78 is 123. The molecule has 224 valence electrons. The Morgan fingerprint density at radius 3 is 1.80 bits per heavy atom. The summed E-state index contributed by atoms with van der Waals surface area (Å²) in [6, 6.07) is 1.35. The number of ether oxygens (including phenoxy) is 1. The average Bonchev–Trinajstić information content (AvgIpc) is 2.80. The summed E-state index contributed by atoms with van der Waals surface area (Å²) in [4.78, 5) is 14.5. The van der Waals surface area contributed by atoms with E-state index in [1.165, 1.54) is 6.92 Å². The standard InChI is InChI=1S/C25H26ClF9N2O3/c1-4-6-36(7-5-2)20-12-19(26)21(40-25(33,34)35)11-18(20)14(3)37(22(38)39)13-15-8-16(23(27,28)29)10-17(9-15)24(30,31)32/h8-12,14H,4-7,13H2,1-3H3,(H,38,39). The fraction of sp³-hybridized carbons (Fsp3) is 0.480. The number of benzene rings is 2. The van der Waals surface area contributed by atoms with Gasteiger partial charge in [0.05, 0.1) is 22.2 Å². The highest BCUT2D eigenvalue weighted by Crippen LogP contribution is 2.42. The summed E-state index contributed by atoms with van der Waals surface area (Å²) in [6.45, 7) is 4.72. The van der Waals surface area contributed by atoms with Gasteiger partial charge in [-0.2, -0.15) is 26.3 Å². The van der Waals surface area contributed by atoms with Gasteiger partial charge < -0.3 is 14.7 Å². The maximum absolute atomic E-state index is 13.3. The zero-order valence-electron chi connectivity index (χ0n) is 21.4. The third kappa shape index (κ3) is 8.73. The van der Waals surface area contributed by atoms with Crippen LogP contribution in [0.25, 0.3) is 0 Å². The van der Waals surface area contributed by atoms with E-state index in [0.29, 0.717) is 43.0 Å². The first-order valence-corrected chi connectivity index (χ1v) is 12.3. The summed E-state index contributed by atoms with van der Waals surface area (Å²) in [5.41, 5.74) is -3.71. The van der Waals surface area contributed by atoms with Crippen LogP contribution in [0.2, 0.25) is 5.02 Å². The first kappa shape index (κ1) is 33.2. The van der Waals surface area contributed by atoms with Crippen molar-refractivity contribution in [2.45, 2.75) is 64.9 Å². The molecule has 2 aromatic carbocycles. The topological polar surface area (TPSA) is 53.0 Å². The summed E-state index contributed by atoms with van der Waals surface area (Å²) in [7, 11) is 0. The van der Waals surface area contributed by atoms with Crippen LogP contribution in [-0.4, -0.2) is 35.6 Å². The fourth-order valence-electron chi connectivity index (χ4n) is 4.11. The molecule has 0 spiro atoms. The van der Waals surface area contributed by atoms with E-state index in [-0.39, 0.29) is 17.3 Å². The molecule has 1 atom stereocenters. The van der Waals surface area contributed by atoms with E-state index < -0.39 is 64.9 Å². The van der Waals surface area contributed by atoms with Crippen LogP contribution in [0.1, 0.15) is 61.9 Å². The Bertz CT molecular complexity index is 1150. The highest BCUT2D eigenvalue weighted by atomic mass is 35.5. The number of hydrogen-bond acceptors (Lipinski definition) is 3. The monoisotopic (exact) mass is 608 g/mol. The second kappa shape index (κ2) is 12.6. The Labute approximate surface area is 229 Å². The van der Waals surface area contributed by atoms with Crippen LogP contribution >= 0.6 is 11.6 Å². The molecule has 0 aliphatic rings. The molecule has 0 saturated heterocycles. The van der Waals surface area contributed by atoms with Crippen molar-refractivity contribution >= 4 is 23.4 Å². The van der Waals surface area contributed by atoms with Gasteiger partial charge in [0.2, 0.25) is 0 Å². The van der Waals surface area contributed by atoms with Crippen molar-refractivity contribution in [3.8, 4) is 5.75 Å². The second-order valence-corrected chi connectivity index (χ2v) is 9.28. The highest BCUT2D eigenvalue weighted by molar-refractivity contribution is 6.32. The SMILES string of the molecule is CCCN(CCC)c1cc(Cl)c(OC(F)(F)F)cc1C(C)N(Cc1cc(C(F)(F)F)cc(C(F)(F)F)c1)C(=O)O. The van der Waals surface area contributed by atoms with Gasteiger partial charge in [-0.05, 0) is 55.7 Å². The molecule has 0 aliphatic carbocycles. The molecule has 1 N–H and O–H groups in total. The van der Waals surface area contributed by atoms with E-state index in [4.69, 9.17) is 11.6 Å². The molecule has 0 aliphatic heterocycles. The van der Waals surface area contributed by atoms with Gasteiger partial charge in [-0.15, -0.1) is 13.2 Å². The minimum absolute atomic E-state index is 0.0454. The average molecular weight is 609 g/mol. The van der Waals surface area contributed by atoms with Crippen LogP contribution in [0.3, 0.4) is 0 Å². The smallest absolute Gasteiger partial charge is 0.465 e. The molecule has 0 fully saturated rings. The van der Waals surface area contributed by atoms with Crippen molar-refractivity contribution in [3.63, 3.8) is 0 Å². The number of nitrogens with zero attached hydrogens (tertiary/aromatic N) is 2. The molecule has 0 aromatic heterocycles. The minimum Gasteiger partial charge on any atom is -0.465 e. The lowest BCUT2D eigenvalue weighted by molar-refractivity contribution is -0.274. The zero-order valence-corrected chi connectivity index (χ0v) is 22.2. The molecule has 15 heteroatoms. The molecule has 0 heterocycles. The van der Waals surface area contributed by atoms with Gasteiger partial charge in [-0.25, -0.2) is 4.79 Å². The highest BCUT2D eigenvalue weighted by Gasteiger charge is 2.38. The maximum atomic E-state index is 13.3. The number of amides is 1. The Hall–Kier alpha value is -3.03. The van der Waals surface area contributed by atoms with Gasteiger partial charge in [0.25, 0.3) is 0 Å². The molecule has 2 rings (SSSR count). The van der Waals surface area contributed by atoms with Crippen molar-refractivity contribution in [2.24, 2.45) is 0 Å². The van der Waals surface area contributed by atoms with E-state index in [1.54, 1.807) is 4.90 Å². The van der Waals surface area contributed by atoms with E-state index >= 15 is 0 Å². The van der Waals surface area contributed by atoms with Gasteiger partial charge >= 0.3 is 24.8 Å². The molecule has 2 aromatic rings. The molecule has 0 radical (unpaired) electrons. The van der Waals surface area contributed by atoms with Gasteiger partial charge in [0.15, 0.2) is 0 Å². The quantitative estimate of drug-likeness (QED) is 0.273. The van der Waals surface area contributed by atoms with E-state index in [9.17, 15) is 49.4 Å². The first-order chi connectivity index (χ1) is 18.3. The Kier molecular flexibility index (Phi) is 10.5. The predicted molar refractivity (Wildman–Crippen MR) is 129 cm³/mol. The van der Waals surface area contributed by atoms with Crippen LogP contribution in [0.15, 0.2) is 30.3 Å². The number of carboxylic acid groups (broad SMARTS) is 1. The van der Waals surface area contributed by atoms with E-state index in [1.807, 2.05) is 13.8 Å². The number of halogens is 10. The lowest BCUT2D eigenvalue weighted by Crippen LogP contribution is -2.34. The first-order valence-electron chi connectivity index (χ1n) is 11.9. The van der Waals surface area contributed by atoms with Gasteiger partial charge in [0, 0.05) is 30.9 Å². The van der Waals surface area contributed by atoms with Crippen molar-refractivity contribution in [2.75, 3.05) is 18.0 Å². The number of rotatable bonds is 10. The number of hydrogen-bond donors (Lipinski definition) is 1. The number of carbonyl (C=O) groups is 1. The van der Waals surface area contributed by atoms with Gasteiger partial charge in [0.1, 0.15) is 5.75 Å². The Morgan fingerprint density at radius 1 is 0.900 bits per heavy atom. The number of alkyl halides is 9. The normalized spacial score (nSPS) is 13.2. The zero-order chi connectivity index (χ0) is 30.6. The van der Waals surface area contributed by atoms with Gasteiger partial charge in [-0.3, -0.25) is 4.90 Å². The molecular weight excluding hydrogens is 583 g/mol. The predicted octanol–water partition coefficient (Wildman–Crippen LogP) is 9.14. The molecular formula is C25H26ClF9N2O3. The lowest BCUT2D eigenvalue weighted by Gasteiger charge is -2.33. The number of anilines is 1. The molecule has 1 unspecified atom stereocenters. The third-order valence-corrected chi connectivity index (χ3v) is 6.09. The van der Waals surface area contributed by atoms with Crippen molar-refractivity contribution in [1.29, 1.82) is 0 Å². The van der Waals surface area contributed by atoms with Crippen LogP contribution in [0.5, 0.6) is 5.75 Å². The van der Waals surface area contributed by atoms with Crippen molar-refractivity contribution in [3.05, 3.63) is 57.6 Å². The molecule has 40 heavy (non-hydrogen) atoms. The fourth-order valence-corrected chi connectivity index (χ4v) is 4.30. The summed E-state index contributed by atoms with van der Waals surface area (Å²) >= 11 is 6.05. The van der Waals surface area contributed by atoms with Crippen LogP contribution in [-0.2, 0) is 18.9 Å². The molecule has 1 amide bonds. The van der Waals surface area contributed by atoms with E-state index in [0.717, 1.165) is 12.1 Å². The second-order valence-electron chi connectivity index (χ2n) is 8.88. The van der Waals surface area contributed by atoms with Gasteiger partial charge in [-0.1, -0.05) is 25.4 Å². The molecule has 0 bridgehead atoms. The summed E-state index contributed by atoms with van der Waals surface area (Å²) in [5, 5.41) is 9.47. The van der Waals surface area contributed by atoms with Crippen molar-refractivity contribution in [1.82, 2.24) is 4.90 Å². The van der Waals surface area contributed by atoms with Crippen LogP contribution in [0.4, 0.5) is 50.0 Å². The molecule has 5 nitrogen and oxygen atoms in total. The summed E-state index contributed by atoms with van der Waals surface area (Å²) in [6.07, 6.45) is -16.1. The van der Waals surface area contributed by atoms with Crippen LogP contribution in [0, 0.1) is 0 Å². The molecule has 0 saturated carbocycles. The third-order valence-electron chi connectivity index (χ3n) is 5.80. The Morgan fingerprint density at radius 2 is 1.40 bits per heavy atom. The largest absolute Gasteiger partial charge is 0.573 e.